The Kier molecular flexibility index (Phi) is 2.43. The highest BCUT2D eigenvalue weighted by Crippen LogP contribution is 2.48. The average Bonchev–Trinajstić information content (AvgIpc) is 2.96. The van der Waals surface area contributed by atoms with E-state index < -0.39 is 6.17 Å². The van der Waals surface area contributed by atoms with Crippen LogP contribution >= 0.6 is 0 Å². The molecule has 1 aliphatic carbocycles. The highest BCUT2D eigenvalue weighted by molar-refractivity contribution is 5.48. The second-order valence-electron chi connectivity index (χ2n) is 4.20. The molecule has 1 unspecified atom stereocenters. The molecule has 0 bridgehead atoms. The van der Waals surface area contributed by atoms with Crippen LogP contribution in [0.5, 0.6) is 5.75 Å². The SMILES string of the molecule is COc1c(C(C)F)cccc1C1(N)CC1. The van der Waals surface area contributed by atoms with Crippen molar-refractivity contribution in [3.63, 3.8) is 0 Å². The first-order chi connectivity index (χ1) is 7.08. The standard InChI is InChI=1S/C12H16FNO/c1-8(13)9-4-3-5-10(11(9)15-2)12(14)6-7-12/h3-5,8H,6-7,14H2,1-2H3. The van der Waals surface area contributed by atoms with Crippen molar-refractivity contribution in [3.05, 3.63) is 29.3 Å². The van der Waals surface area contributed by atoms with Crippen LogP contribution in [0.3, 0.4) is 0 Å². The van der Waals surface area contributed by atoms with E-state index in [0.717, 1.165) is 18.4 Å². The second-order valence-corrected chi connectivity index (χ2v) is 4.20. The summed E-state index contributed by atoms with van der Waals surface area (Å²) < 4.78 is 18.6. The molecule has 15 heavy (non-hydrogen) atoms. The summed E-state index contributed by atoms with van der Waals surface area (Å²) in [6, 6.07) is 5.52. The minimum absolute atomic E-state index is 0.282. The van der Waals surface area contributed by atoms with E-state index in [1.165, 1.54) is 6.92 Å². The predicted octanol–water partition coefficient (Wildman–Crippen LogP) is 2.67. The Morgan fingerprint density at radius 2 is 2.13 bits per heavy atom. The molecule has 1 fully saturated rings. The molecule has 0 aliphatic heterocycles. The van der Waals surface area contributed by atoms with E-state index in [4.69, 9.17) is 10.5 Å². The average molecular weight is 209 g/mol. The molecule has 2 N–H and O–H groups in total. The van der Waals surface area contributed by atoms with Gasteiger partial charge in [-0.15, -0.1) is 0 Å². The molecular weight excluding hydrogens is 193 g/mol. The maximum absolute atomic E-state index is 13.3. The molecule has 0 heterocycles. The van der Waals surface area contributed by atoms with E-state index in [2.05, 4.69) is 0 Å². The van der Waals surface area contributed by atoms with Crippen molar-refractivity contribution in [1.82, 2.24) is 0 Å². The largest absolute Gasteiger partial charge is 0.496 e. The number of hydrogen-bond donors (Lipinski definition) is 1. The lowest BCUT2D eigenvalue weighted by molar-refractivity contribution is 0.342. The molecular formula is C12H16FNO. The minimum atomic E-state index is -1.03. The van der Waals surface area contributed by atoms with Gasteiger partial charge in [-0.3, -0.25) is 0 Å². The summed E-state index contributed by atoms with van der Waals surface area (Å²) in [6.45, 7) is 1.51. The van der Waals surface area contributed by atoms with Crippen molar-refractivity contribution in [2.75, 3.05) is 7.11 Å². The first-order valence-electron chi connectivity index (χ1n) is 5.19. The predicted molar refractivity (Wildman–Crippen MR) is 57.6 cm³/mol. The van der Waals surface area contributed by atoms with Gasteiger partial charge in [0.1, 0.15) is 11.9 Å². The number of hydrogen-bond acceptors (Lipinski definition) is 2. The van der Waals surface area contributed by atoms with Crippen LogP contribution in [0.2, 0.25) is 0 Å². The van der Waals surface area contributed by atoms with Gasteiger partial charge in [0, 0.05) is 16.7 Å². The van der Waals surface area contributed by atoms with E-state index in [-0.39, 0.29) is 5.54 Å². The summed E-state index contributed by atoms with van der Waals surface area (Å²) in [4.78, 5) is 0. The van der Waals surface area contributed by atoms with Crippen molar-refractivity contribution in [2.45, 2.75) is 31.5 Å². The van der Waals surface area contributed by atoms with Gasteiger partial charge >= 0.3 is 0 Å². The highest BCUT2D eigenvalue weighted by atomic mass is 19.1. The molecule has 1 aromatic carbocycles. The Hall–Kier alpha value is -1.09. The van der Waals surface area contributed by atoms with Crippen molar-refractivity contribution in [3.8, 4) is 5.75 Å². The number of methoxy groups -OCH3 is 1. The highest BCUT2D eigenvalue weighted by Gasteiger charge is 2.42. The van der Waals surface area contributed by atoms with Gasteiger partial charge in [-0.2, -0.15) is 0 Å². The van der Waals surface area contributed by atoms with Gasteiger partial charge < -0.3 is 10.5 Å². The lowest BCUT2D eigenvalue weighted by Crippen LogP contribution is -2.20. The number of alkyl halides is 1. The third-order valence-corrected chi connectivity index (χ3v) is 3.00. The van der Waals surface area contributed by atoms with Gasteiger partial charge in [-0.1, -0.05) is 18.2 Å². The van der Waals surface area contributed by atoms with Gasteiger partial charge in [-0.25, -0.2) is 4.39 Å². The number of halogens is 1. The molecule has 1 aromatic rings. The number of ether oxygens (including phenoxy) is 1. The summed E-state index contributed by atoms with van der Waals surface area (Å²) in [5, 5.41) is 0. The zero-order chi connectivity index (χ0) is 11.1. The second kappa shape index (κ2) is 3.49. The maximum Gasteiger partial charge on any atom is 0.130 e. The summed E-state index contributed by atoms with van der Waals surface area (Å²) in [5.41, 5.74) is 7.36. The van der Waals surface area contributed by atoms with Crippen LogP contribution < -0.4 is 10.5 Å². The van der Waals surface area contributed by atoms with Crippen molar-refractivity contribution in [2.24, 2.45) is 5.73 Å². The van der Waals surface area contributed by atoms with Crippen LogP contribution in [0.15, 0.2) is 18.2 Å². The summed E-state index contributed by atoms with van der Waals surface area (Å²) in [5.74, 6) is 0.618. The van der Waals surface area contributed by atoms with Gasteiger partial charge in [0.2, 0.25) is 0 Å². The normalized spacial score (nSPS) is 19.7. The molecule has 0 radical (unpaired) electrons. The van der Waals surface area contributed by atoms with Gasteiger partial charge in [-0.05, 0) is 19.8 Å². The molecule has 0 saturated heterocycles. The third kappa shape index (κ3) is 1.72. The molecule has 1 atom stereocenters. The van der Waals surface area contributed by atoms with Crippen LogP contribution in [0, 0.1) is 0 Å². The van der Waals surface area contributed by atoms with E-state index in [0.29, 0.717) is 11.3 Å². The van der Waals surface area contributed by atoms with Gasteiger partial charge in [0.15, 0.2) is 0 Å². The number of benzene rings is 1. The van der Waals surface area contributed by atoms with Crippen molar-refractivity contribution < 1.29 is 9.13 Å². The molecule has 2 nitrogen and oxygen atoms in total. The van der Waals surface area contributed by atoms with Crippen LogP contribution in [-0.4, -0.2) is 7.11 Å². The van der Waals surface area contributed by atoms with Crippen molar-refractivity contribution >= 4 is 0 Å². The zero-order valence-corrected chi connectivity index (χ0v) is 9.09. The zero-order valence-electron chi connectivity index (χ0n) is 9.09. The maximum atomic E-state index is 13.3. The van der Waals surface area contributed by atoms with Gasteiger partial charge in [0.05, 0.1) is 7.11 Å². The molecule has 2 rings (SSSR count). The fourth-order valence-electron chi connectivity index (χ4n) is 1.89. The van der Waals surface area contributed by atoms with Crippen LogP contribution in [-0.2, 0) is 5.54 Å². The smallest absolute Gasteiger partial charge is 0.130 e. The first kappa shape index (κ1) is 10.4. The lowest BCUT2D eigenvalue weighted by Gasteiger charge is -2.18. The van der Waals surface area contributed by atoms with E-state index >= 15 is 0 Å². The molecule has 0 aromatic heterocycles. The molecule has 1 aliphatic rings. The summed E-state index contributed by atoms with van der Waals surface area (Å²) in [7, 11) is 1.57. The monoisotopic (exact) mass is 209 g/mol. The number of para-hydroxylation sites is 1. The van der Waals surface area contributed by atoms with E-state index in [9.17, 15) is 4.39 Å². The van der Waals surface area contributed by atoms with Crippen LogP contribution in [0.1, 0.15) is 37.1 Å². The van der Waals surface area contributed by atoms with Gasteiger partial charge in [0.25, 0.3) is 0 Å². The lowest BCUT2D eigenvalue weighted by atomic mass is 9.99. The summed E-state index contributed by atoms with van der Waals surface area (Å²) >= 11 is 0. The third-order valence-electron chi connectivity index (χ3n) is 3.00. The number of nitrogens with two attached hydrogens (primary N) is 1. The molecule has 82 valence electrons. The Bertz CT molecular complexity index is 372. The Morgan fingerprint density at radius 1 is 1.47 bits per heavy atom. The quantitative estimate of drug-likeness (QED) is 0.830. The Balaban J connectivity index is 2.50. The molecule has 3 heteroatoms. The Labute approximate surface area is 89.2 Å². The molecule has 0 spiro atoms. The fraction of sp³-hybridized carbons (Fsp3) is 0.500. The fourth-order valence-corrected chi connectivity index (χ4v) is 1.89. The summed E-state index contributed by atoms with van der Waals surface area (Å²) in [6.07, 6.45) is 0.878. The molecule has 1 saturated carbocycles. The molecule has 0 amide bonds. The van der Waals surface area contributed by atoms with E-state index in [1.54, 1.807) is 13.2 Å². The minimum Gasteiger partial charge on any atom is -0.496 e. The Morgan fingerprint density at radius 3 is 2.60 bits per heavy atom. The van der Waals surface area contributed by atoms with Crippen LogP contribution in [0.4, 0.5) is 4.39 Å². The first-order valence-corrected chi connectivity index (χ1v) is 5.19. The van der Waals surface area contributed by atoms with Crippen LogP contribution in [0.25, 0.3) is 0 Å². The topological polar surface area (TPSA) is 35.2 Å². The number of rotatable bonds is 3. The van der Waals surface area contributed by atoms with Crippen molar-refractivity contribution in [1.29, 1.82) is 0 Å². The van der Waals surface area contributed by atoms with E-state index in [1.807, 2.05) is 12.1 Å².